The number of nitrogens with one attached hydrogen (secondary N) is 1. The number of pyridine rings is 1. The van der Waals surface area contributed by atoms with E-state index in [4.69, 9.17) is 4.74 Å². The minimum Gasteiger partial charge on any atom is -0.474 e. The van der Waals surface area contributed by atoms with Crippen molar-refractivity contribution in [3.05, 3.63) is 60.3 Å². The highest BCUT2D eigenvalue weighted by molar-refractivity contribution is 7.92. The van der Waals surface area contributed by atoms with Crippen molar-refractivity contribution in [2.45, 2.75) is 31.2 Å². The highest BCUT2D eigenvalue weighted by Gasteiger charge is 2.32. The number of anilines is 1. The zero-order valence-electron chi connectivity index (χ0n) is 17.0. The zero-order valence-corrected chi connectivity index (χ0v) is 17.9. The number of rotatable bonds is 3. The molecule has 0 saturated heterocycles. The Morgan fingerprint density at radius 1 is 1.10 bits per heavy atom. The summed E-state index contributed by atoms with van der Waals surface area (Å²) in [6.45, 7) is 5.93. The number of carbonyl (C=O) groups excluding carboxylic acids is 1. The smallest absolute Gasteiger partial charge is 0.264 e. The number of nitrogens with zero attached hydrogens (tertiary/aromatic N) is 2. The number of hydrogen-bond donors (Lipinski definition) is 1. The van der Waals surface area contributed by atoms with E-state index in [1.54, 1.807) is 18.2 Å². The topological polar surface area (TPSA) is 88.6 Å². The monoisotopic (exact) mass is 425 g/mol. The molecule has 1 N–H and O–H groups in total. The third-order valence-corrected chi connectivity index (χ3v) is 6.50. The first kappa shape index (κ1) is 20.2. The third kappa shape index (κ3) is 3.82. The minimum absolute atomic E-state index is 0.133. The van der Waals surface area contributed by atoms with Crippen molar-refractivity contribution in [1.29, 1.82) is 0 Å². The lowest BCUT2D eigenvalue weighted by atomic mass is 10.1. The molecule has 2 aromatic carbocycles. The SMILES string of the molecule is CC(C)(C)NC(=O)c1cnc2c(c1)N(S(=O)(=O)c1ccc3ccccc3c1)CCO2. The lowest BCUT2D eigenvalue weighted by molar-refractivity contribution is 0.0919. The summed E-state index contributed by atoms with van der Waals surface area (Å²) in [5.41, 5.74) is 0.101. The molecule has 0 bridgehead atoms. The van der Waals surface area contributed by atoms with Crippen LogP contribution in [0.25, 0.3) is 10.8 Å². The Labute approximate surface area is 175 Å². The van der Waals surface area contributed by atoms with Crippen molar-refractivity contribution in [2.75, 3.05) is 17.5 Å². The summed E-state index contributed by atoms with van der Waals surface area (Å²) in [7, 11) is -3.86. The summed E-state index contributed by atoms with van der Waals surface area (Å²) in [5, 5.41) is 4.66. The highest BCUT2D eigenvalue weighted by Crippen LogP contribution is 2.35. The summed E-state index contributed by atoms with van der Waals surface area (Å²) in [6, 6.07) is 14.1. The van der Waals surface area contributed by atoms with Crippen LogP contribution in [0.15, 0.2) is 59.6 Å². The molecule has 8 heteroatoms. The maximum Gasteiger partial charge on any atom is 0.264 e. The average Bonchev–Trinajstić information content (AvgIpc) is 2.71. The second-order valence-electron chi connectivity index (χ2n) is 8.19. The molecule has 0 unspecified atom stereocenters. The number of hydrogen-bond acceptors (Lipinski definition) is 5. The van der Waals surface area contributed by atoms with Crippen LogP contribution < -0.4 is 14.4 Å². The van der Waals surface area contributed by atoms with Crippen LogP contribution in [0.4, 0.5) is 5.69 Å². The maximum atomic E-state index is 13.4. The summed E-state index contributed by atoms with van der Waals surface area (Å²) in [6.07, 6.45) is 1.39. The predicted octanol–water partition coefficient (Wildman–Crippen LogP) is 3.35. The Hall–Kier alpha value is -3.13. The van der Waals surface area contributed by atoms with Crippen LogP contribution in [0.1, 0.15) is 31.1 Å². The quantitative estimate of drug-likeness (QED) is 0.695. The number of fused-ring (bicyclic) bond motifs is 2. The molecule has 0 atom stereocenters. The molecule has 0 spiro atoms. The molecule has 0 radical (unpaired) electrons. The van der Waals surface area contributed by atoms with Crippen LogP contribution in [0.2, 0.25) is 0 Å². The van der Waals surface area contributed by atoms with E-state index < -0.39 is 15.6 Å². The second kappa shape index (κ2) is 7.28. The van der Waals surface area contributed by atoms with E-state index in [0.717, 1.165) is 10.8 Å². The van der Waals surface area contributed by atoms with Crippen molar-refractivity contribution in [1.82, 2.24) is 10.3 Å². The number of ether oxygens (including phenoxy) is 1. The fourth-order valence-corrected chi connectivity index (χ4v) is 4.79. The lowest BCUT2D eigenvalue weighted by Crippen LogP contribution is -2.41. The Balaban J connectivity index is 1.75. The van der Waals surface area contributed by atoms with Gasteiger partial charge in [0.15, 0.2) is 0 Å². The molecule has 1 aromatic heterocycles. The zero-order chi connectivity index (χ0) is 21.5. The molecular weight excluding hydrogens is 402 g/mol. The normalized spacial score (nSPS) is 14.2. The van der Waals surface area contributed by atoms with Gasteiger partial charge in [-0.25, -0.2) is 13.4 Å². The van der Waals surface area contributed by atoms with Crippen molar-refractivity contribution in [3.8, 4) is 5.88 Å². The number of carbonyl (C=O) groups is 1. The van der Waals surface area contributed by atoms with E-state index in [-0.39, 0.29) is 41.1 Å². The van der Waals surface area contributed by atoms with Crippen LogP contribution in [0.5, 0.6) is 5.88 Å². The van der Waals surface area contributed by atoms with Gasteiger partial charge in [0.25, 0.3) is 15.9 Å². The first-order valence-electron chi connectivity index (χ1n) is 9.62. The molecule has 0 aliphatic carbocycles. The van der Waals surface area contributed by atoms with Crippen LogP contribution in [-0.4, -0.2) is 38.0 Å². The van der Waals surface area contributed by atoms with Gasteiger partial charge in [-0.05, 0) is 49.7 Å². The fraction of sp³-hybridized carbons (Fsp3) is 0.273. The van der Waals surface area contributed by atoms with Gasteiger partial charge in [-0.15, -0.1) is 0 Å². The first-order valence-corrected chi connectivity index (χ1v) is 11.1. The Kier molecular flexibility index (Phi) is 4.89. The standard InChI is InChI=1S/C22H23N3O4S/c1-22(2,3)24-20(26)17-13-19-21(23-14-17)29-11-10-25(19)30(27,28)18-9-8-15-6-4-5-7-16(15)12-18/h4-9,12-14H,10-11H2,1-3H3,(H,24,26). The summed E-state index contributed by atoms with van der Waals surface area (Å²) in [5.74, 6) is -0.135. The molecular formula is C22H23N3O4S. The predicted molar refractivity (Wildman–Crippen MR) is 115 cm³/mol. The summed E-state index contributed by atoms with van der Waals surface area (Å²) in [4.78, 5) is 16.9. The lowest BCUT2D eigenvalue weighted by Gasteiger charge is -2.30. The molecule has 30 heavy (non-hydrogen) atoms. The first-order chi connectivity index (χ1) is 14.1. The van der Waals surface area contributed by atoms with E-state index in [2.05, 4.69) is 10.3 Å². The Bertz CT molecular complexity index is 1230. The van der Waals surface area contributed by atoms with E-state index in [1.807, 2.05) is 45.0 Å². The highest BCUT2D eigenvalue weighted by atomic mass is 32.2. The molecule has 2 heterocycles. The van der Waals surface area contributed by atoms with Gasteiger partial charge in [0.05, 0.1) is 17.0 Å². The Morgan fingerprint density at radius 3 is 2.57 bits per heavy atom. The minimum atomic E-state index is -3.86. The van der Waals surface area contributed by atoms with Crippen molar-refractivity contribution >= 4 is 32.4 Å². The van der Waals surface area contributed by atoms with E-state index >= 15 is 0 Å². The van der Waals surface area contributed by atoms with E-state index in [9.17, 15) is 13.2 Å². The van der Waals surface area contributed by atoms with Gasteiger partial charge >= 0.3 is 0 Å². The Morgan fingerprint density at radius 2 is 1.83 bits per heavy atom. The van der Waals surface area contributed by atoms with Gasteiger partial charge in [-0.1, -0.05) is 30.3 Å². The molecule has 4 rings (SSSR count). The molecule has 156 valence electrons. The number of aromatic nitrogens is 1. The van der Waals surface area contributed by atoms with Gasteiger partial charge in [-0.2, -0.15) is 0 Å². The van der Waals surface area contributed by atoms with Crippen molar-refractivity contribution < 1.29 is 17.9 Å². The van der Waals surface area contributed by atoms with Gasteiger partial charge in [0.1, 0.15) is 12.3 Å². The molecule has 0 saturated carbocycles. The van der Waals surface area contributed by atoms with Crippen molar-refractivity contribution in [3.63, 3.8) is 0 Å². The summed E-state index contributed by atoms with van der Waals surface area (Å²) < 4.78 is 33.7. The van der Waals surface area contributed by atoms with Gasteiger partial charge < -0.3 is 10.1 Å². The summed E-state index contributed by atoms with van der Waals surface area (Å²) >= 11 is 0. The van der Waals surface area contributed by atoms with Crippen LogP contribution in [0.3, 0.4) is 0 Å². The van der Waals surface area contributed by atoms with Gasteiger partial charge in [0, 0.05) is 11.7 Å². The molecule has 1 amide bonds. The molecule has 7 nitrogen and oxygen atoms in total. The molecule has 0 fully saturated rings. The fourth-order valence-electron chi connectivity index (χ4n) is 3.32. The number of sulfonamides is 1. The van der Waals surface area contributed by atoms with E-state index in [1.165, 1.54) is 16.6 Å². The third-order valence-electron chi connectivity index (χ3n) is 4.69. The van der Waals surface area contributed by atoms with Gasteiger partial charge in [-0.3, -0.25) is 9.10 Å². The maximum absolute atomic E-state index is 13.4. The van der Waals surface area contributed by atoms with E-state index in [0.29, 0.717) is 0 Å². The molecule has 1 aliphatic heterocycles. The average molecular weight is 426 g/mol. The van der Waals surface area contributed by atoms with Crippen molar-refractivity contribution in [2.24, 2.45) is 0 Å². The number of benzene rings is 2. The second-order valence-corrected chi connectivity index (χ2v) is 10.0. The van der Waals surface area contributed by atoms with Gasteiger partial charge in [0.2, 0.25) is 5.88 Å². The largest absolute Gasteiger partial charge is 0.474 e. The molecule has 1 aliphatic rings. The number of amides is 1. The van der Waals surface area contributed by atoms with Crippen LogP contribution >= 0.6 is 0 Å². The van der Waals surface area contributed by atoms with Crippen LogP contribution in [-0.2, 0) is 10.0 Å². The van der Waals surface area contributed by atoms with Crippen LogP contribution in [0, 0.1) is 0 Å². The molecule has 3 aromatic rings.